The number of ether oxygens (including phenoxy) is 3. The normalized spacial score (nSPS) is 14.1. The van der Waals surface area contributed by atoms with E-state index in [1.165, 1.54) is 13.2 Å². The summed E-state index contributed by atoms with van der Waals surface area (Å²) >= 11 is 2.03. The Hall–Kier alpha value is -3.61. The van der Waals surface area contributed by atoms with Gasteiger partial charge < -0.3 is 24.8 Å². The Balaban J connectivity index is 1.77. The van der Waals surface area contributed by atoms with Gasteiger partial charge >= 0.3 is 12.0 Å². The molecule has 4 amide bonds. The third-order valence-corrected chi connectivity index (χ3v) is 5.33. The number of carbonyl (C=O) groups is 4. The fraction of sp³-hybridized carbons (Fsp3) is 0.217. The number of amides is 4. The topological polar surface area (TPSA) is 123 Å². The van der Waals surface area contributed by atoms with Crippen molar-refractivity contribution >= 4 is 58.2 Å². The zero-order valence-electron chi connectivity index (χ0n) is 18.4. The van der Waals surface area contributed by atoms with E-state index in [0.29, 0.717) is 32.9 Å². The molecule has 0 aromatic heterocycles. The van der Waals surface area contributed by atoms with Gasteiger partial charge in [-0.3, -0.25) is 14.4 Å². The van der Waals surface area contributed by atoms with E-state index in [9.17, 15) is 19.2 Å². The number of benzene rings is 2. The van der Waals surface area contributed by atoms with Crippen LogP contribution in [0.5, 0.6) is 11.5 Å². The van der Waals surface area contributed by atoms with Crippen LogP contribution >= 0.6 is 22.6 Å². The molecule has 0 spiro atoms. The monoisotopic (exact) mass is 579 g/mol. The number of nitrogens with zero attached hydrogens (tertiary/aromatic N) is 1. The van der Waals surface area contributed by atoms with Gasteiger partial charge in [0.05, 0.1) is 17.3 Å². The van der Waals surface area contributed by atoms with E-state index in [2.05, 4.69) is 15.4 Å². The highest BCUT2D eigenvalue weighted by atomic mass is 127. The van der Waals surface area contributed by atoms with Crippen molar-refractivity contribution in [1.29, 1.82) is 0 Å². The zero-order chi connectivity index (χ0) is 24.7. The number of methoxy groups -OCH3 is 1. The molecule has 0 atom stereocenters. The van der Waals surface area contributed by atoms with Gasteiger partial charge in [-0.05, 0) is 65.4 Å². The lowest BCUT2D eigenvalue weighted by Crippen LogP contribution is -2.36. The number of imide groups is 1. The van der Waals surface area contributed by atoms with Crippen LogP contribution in [0.15, 0.2) is 48.2 Å². The molecule has 1 heterocycles. The fourth-order valence-electron chi connectivity index (χ4n) is 3.01. The number of hydrogen-bond acceptors (Lipinski definition) is 7. The molecule has 1 saturated heterocycles. The van der Waals surface area contributed by atoms with Crippen molar-refractivity contribution in [2.45, 2.75) is 6.92 Å². The fourth-order valence-corrected chi connectivity index (χ4v) is 3.79. The first-order chi connectivity index (χ1) is 16.3. The summed E-state index contributed by atoms with van der Waals surface area (Å²) in [5.74, 6) is -0.948. The molecule has 1 aliphatic heterocycles. The first-order valence-electron chi connectivity index (χ1n) is 10.2. The first kappa shape index (κ1) is 25.0. The molecular formula is C23H22IN3O7. The largest absolute Gasteiger partial charge is 0.490 e. The number of carbonyl (C=O) groups excluding carboxylic acids is 4. The van der Waals surface area contributed by atoms with Crippen LogP contribution in [0.4, 0.5) is 10.5 Å². The van der Waals surface area contributed by atoms with E-state index in [-0.39, 0.29) is 18.2 Å². The molecule has 2 aromatic carbocycles. The molecule has 1 fully saturated rings. The molecule has 0 bridgehead atoms. The van der Waals surface area contributed by atoms with Crippen molar-refractivity contribution in [2.75, 3.05) is 32.2 Å². The lowest BCUT2D eigenvalue weighted by molar-refractivity contribution is -0.143. The van der Waals surface area contributed by atoms with Gasteiger partial charge in [0.2, 0.25) is 0 Å². The Morgan fingerprint density at radius 3 is 2.56 bits per heavy atom. The predicted molar refractivity (Wildman–Crippen MR) is 131 cm³/mol. The van der Waals surface area contributed by atoms with E-state index in [1.54, 1.807) is 31.2 Å². The Morgan fingerprint density at radius 2 is 1.88 bits per heavy atom. The van der Waals surface area contributed by atoms with Crippen LogP contribution in [0.25, 0.3) is 6.08 Å². The molecule has 11 heteroatoms. The van der Waals surface area contributed by atoms with Gasteiger partial charge in [0.15, 0.2) is 18.1 Å². The summed E-state index contributed by atoms with van der Waals surface area (Å²) in [7, 11) is 1.17. The Bertz CT molecular complexity index is 1130. The van der Waals surface area contributed by atoms with Crippen molar-refractivity contribution in [1.82, 2.24) is 10.2 Å². The molecule has 0 radical (unpaired) electrons. The van der Waals surface area contributed by atoms with Crippen LogP contribution in [-0.4, -0.2) is 55.6 Å². The molecule has 1 aliphatic rings. The number of hydrogen-bond donors (Lipinski definition) is 2. The van der Waals surface area contributed by atoms with E-state index in [1.807, 2.05) is 40.8 Å². The zero-order valence-corrected chi connectivity index (χ0v) is 20.6. The third kappa shape index (κ3) is 6.25. The highest BCUT2D eigenvalue weighted by molar-refractivity contribution is 14.1. The Kier molecular flexibility index (Phi) is 8.46. The molecule has 2 aromatic rings. The number of anilines is 1. The molecule has 178 valence electrons. The second kappa shape index (κ2) is 11.5. The first-order valence-corrected chi connectivity index (χ1v) is 11.3. The summed E-state index contributed by atoms with van der Waals surface area (Å²) in [5, 5.41) is 5.19. The van der Waals surface area contributed by atoms with Crippen LogP contribution in [0.1, 0.15) is 12.5 Å². The smallest absolute Gasteiger partial charge is 0.329 e. The minimum absolute atomic E-state index is 0.00283. The van der Waals surface area contributed by atoms with Crippen molar-refractivity contribution in [3.8, 4) is 11.5 Å². The summed E-state index contributed by atoms with van der Waals surface area (Å²) in [4.78, 5) is 49.1. The van der Waals surface area contributed by atoms with Crippen LogP contribution < -0.4 is 20.1 Å². The van der Waals surface area contributed by atoms with Crippen molar-refractivity contribution in [3.05, 3.63) is 57.3 Å². The molecule has 34 heavy (non-hydrogen) atoms. The molecule has 3 rings (SSSR count). The van der Waals surface area contributed by atoms with Gasteiger partial charge in [0.25, 0.3) is 11.8 Å². The number of halogens is 1. The molecular weight excluding hydrogens is 557 g/mol. The van der Waals surface area contributed by atoms with Crippen molar-refractivity contribution in [3.63, 3.8) is 0 Å². The average molecular weight is 579 g/mol. The standard InChI is InChI=1S/C23H22IN3O7/c1-3-33-18-11-14(10-17-22(30)27(23(31)26-17)12-20(29)32-2)9-16(24)21(18)34-13-19(28)25-15-7-5-4-6-8-15/h4-11H,3,12-13H2,1-2H3,(H,25,28)(H,26,31)/b17-10+. The second-order valence-corrected chi connectivity index (χ2v) is 8.08. The highest BCUT2D eigenvalue weighted by Crippen LogP contribution is 2.35. The number of rotatable bonds is 9. The summed E-state index contributed by atoms with van der Waals surface area (Å²) in [6.45, 7) is 1.42. The SMILES string of the molecule is CCOc1cc(/C=C2/NC(=O)N(CC(=O)OC)C2=O)cc(I)c1OCC(=O)Nc1ccccc1. The summed E-state index contributed by atoms with van der Waals surface area (Å²) in [6.07, 6.45) is 1.47. The summed E-state index contributed by atoms with van der Waals surface area (Å²) in [6, 6.07) is 11.6. The van der Waals surface area contributed by atoms with Crippen LogP contribution in [-0.2, 0) is 19.1 Å². The molecule has 10 nitrogen and oxygen atoms in total. The van der Waals surface area contributed by atoms with Crippen molar-refractivity contribution in [2.24, 2.45) is 0 Å². The number of para-hydroxylation sites is 1. The van der Waals surface area contributed by atoms with Crippen LogP contribution in [0.2, 0.25) is 0 Å². The molecule has 0 aliphatic carbocycles. The molecule has 2 N–H and O–H groups in total. The number of urea groups is 1. The maximum atomic E-state index is 12.5. The minimum atomic E-state index is -0.717. The maximum Gasteiger partial charge on any atom is 0.329 e. The number of esters is 1. The van der Waals surface area contributed by atoms with E-state index >= 15 is 0 Å². The van der Waals surface area contributed by atoms with Gasteiger partial charge in [0.1, 0.15) is 12.2 Å². The van der Waals surface area contributed by atoms with Gasteiger partial charge in [-0.1, -0.05) is 18.2 Å². The number of nitrogens with one attached hydrogen (secondary N) is 2. The summed E-state index contributed by atoms with van der Waals surface area (Å²) in [5.41, 5.74) is 1.21. The predicted octanol–water partition coefficient (Wildman–Crippen LogP) is 2.77. The average Bonchev–Trinajstić information content (AvgIpc) is 3.06. The van der Waals surface area contributed by atoms with E-state index in [4.69, 9.17) is 9.47 Å². The lowest BCUT2D eigenvalue weighted by Gasteiger charge is -2.15. The second-order valence-electron chi connectivity index (χ2n) is 6.92. The molecule has 0 unspecified atom stereocenters. The quantitative estimate of drug-likeness (QED) is 0.203. The van der Waals surface area contributed by atoms with E-state index < -0.39 is 24.5 Å². The Morgan fingerprint density at radius 1 is 1.15 bits per heavy atom. The van der Waals surface area contributed by atoms with Gasteiger partial charge in [-0.2, -0.15) is 0 Å². The van der Waals surface area contributed by atoms with Crippen LogP contribution in [0, 0.1) is 3.57 Å². The molecule has 0 saturated carbocycles. The maximum absolute atomic E-state index is 12.5. The van der Waals surface area contributed by atoms with Crippen molar-refractivity contribution < 1.29 is 33.4 Å². The summed E-state index contributed by atoms with van der Waals surface area (Å²) < 4.78 is 16.5. The van der Waals surface area contributed by atoms with Crippen LogP contribution in [0.3, 0.4) is 0 Å². The highest BCUT2D eigenvalue weighted by Gasteiger charge is 2.35. The lowest BCUT2D eigenvalue weighted by atomic mass is 10.1. The van der Waals surface area contributed by atoms with Gasteiger partial charge in [-0.25, -0.2) is 9.69 Å². The van der Waals surface area contributed by atoms with Gasteiger partial charge in [0, 0.05) is 5.69 Å². The van der Waals surface area contributed by atoms with Gasteiger partial charge in [-0.15, -0.1) is 0 Å². The van der Waals surface area contributed by atoms with E-state index in [0.717, 1.165) is 4.90 Å². The third-order valence-electron chi connectivity index (χ3n) is 4.53. The Labute approximate surface area is 209 Å². The minimum Gasteiger partial charge on any atom is -0.490 e.